The van der Waals surface area contributed by atoms with Crippen LogP contribution in [0.5, 0.6) is 0 Å². The molecular weight excluding hydrogens is 588 g/mol. The van der Waals surface area contributed by atoms with Crippen LogP contribution >= 0.6 is 0 Å². The van der Waals surface area contributed by atoms with Crippen molar-refractivity contribution in [3.05, 3.63) is 108 Å². The maximum absolute atomic E-state index is 13.6. The highest BCUT2D eigenvalue weighted by Gasteiger charge is 2.32. The summed E-state index contributed by atoms with van der Waals surface area (Å²) >= 11 is 0. The van der Waals surface area contributed by atoms with Crippen LogP contribution in [0, 0.1) is 5.92 Å². The molecule has 0 spiro atoms. The van der Waals surface area contributed by atoms with Gasteiger partial charge in [-0.25, -0.2) is 13.4 Å². The number of hydrogen-bond acceptors (Lipinski definition) is 6. The van der Waals surface area contributed by atoms with E-state index in [-0.39, 0.29) is 36.0 Å². The Morgan fingerprint density at radius 2 is 1.51 bits per heavy atom. The van der Waals surface area contributed by atoms with Crippen LogP contribution in [0.4, 0.5) is 0 Å². The Bertz CT molecular complexity index is 1670. The van der Waals surface area contributed by atoms with Gasteiger partial charge in [-0.2, -0.15) is 4.31 Å². The minimum Gasteiger partial charge on any atom is -0.390 e. The van der Waals surface area contributed by atoms with E-state index in [0.717, 1.165) is 10.9 Å². The number of nitrogens with one attached hydrogen (secondary N) is 2. The van der Waals surface area contributed by atoms with Crippen molar-refractivity contribution >= 4 is 32.7 Å². The third kappa shape index (κ3) is 9.20. The second-order valence-electron chi connectivity index (χ2n) is 11.6. The molecule has 0 saturated heterocycles. The zero-order valence-electron chi connectivity index (χ0n) is 26.0. The molecule has 1 aromatic heterocycles. The van der Waals surface area contributed by atoms with E-state index < -0.39 is 40.0 Å². The van der Waals surface area contributed by atoms with Gasteiger partial charge >= 0.3 is 0 Å². The predicted molar refractivity (Wildman–Crippen MR) is 176 cm³/mol. The van der Waals surface area contributed by atoms with Crippen LogP contribution in [0.1, 0.15) is 49.7 Å². The fraction of sp³-hybridized carbons (Fsp3) is 0.343. The van der Waals surface area contributed by atoms with Crippen LogP contribution in [-0.2, 0) is 21.2 Å². The number of fused-ring (bicyclic) bond motifs is 1. The Morgan fingerprint density at radius 3 is 2.18 bits per heavy atom. The standard InChI is InChI=1S/C35H42N4O5S/c1-4-29(37-35(42)31-20-19-27-15-11-12-18-30(27)36-31)34(41)38-32(23-26-13-7-5-8-14-26)33(40)24-39(22-21-25(2)3)45(43,44)28-16-9-6-10-17-28/h5-20,25,29,32-33,40H,4,21-24H2,1-3H3,(H,37,42)(H,38,41)/t29-,32-,33+/m0/s1. The average molecular weight is 631 g/mol. The molecule has 0 aliphatic carbocycles. The van der Waals surface area contributed by atoms with Crippen LogP contribution in [0.25, 0.3) is 10.9 Å². The SMILES string of the molecule is CC[C@H](NC(=O)c1ccc2ccccc2n1)C(=O)N[C@@H](Cc1ccccc1)[C@H](O)CN(CCC(C)C)S(=O)(=O)c1ccccc1. The number of benzene rings is 3. The Labute approximate surface area is 265 Å². The Morgan fingerprint density at radius 1 is 0.867 bits per heavy atom. The number of pyridine rings is 1. The number of rotatable bonds is 15. The molecular formula is C35H42N4O5S. The van der Waals surface area contributed by atoms with Gasteiger partial charge in [0.1, 0.15) is 11.7 Å². The molecule has 4 aromatic rings. The van der Waals surface area contributed by atoms with E-state index in [1.165, 1.54) is 16.4 Å². The van der Waals surface area contributed by atoms with E-state index in [2.05, 4.69) is 15.6 Å². The summed E-state index contributed by atoms with van der Waals surface area (Å²) in [5.41, 5.74) is 1.72. The molecule has 3 aromatic carbocycles. The van der Waals surface area contributed by atoms with Crippen molar-refractivity contribution in [2.45, 2.75) is 63.1 Å². The van der Waals surface area contributed by atoms with E-state index in [1.54, 1.807) is 37.3 Å². The summed E-state index contributed by atoms with van der Waals surface area (Å²) in [6.45, 7) is 5.79. The summed E-state index contributed by atoms with van der Waals surface area (Å²) in [6, 6.07) is 26.6. The second-order valence-corrected chi connectivity index (χ2v) is 13.5. The Balaban J connectivity index is 1.54. The Hall–Kier alpha value is -4.12. The summed E-state index contributed by atoms with van der Waals surface area (Å²) in [7, 11) is -3.91. The van der Waals surface area contributed by atoms with Gasteiger partial charge in [0.05, 0.1) is 22.6 Å². The van der Waals surface area contributed by atoms with Gasteiger partial charge in [-0.1, -0.05) is 93.6 Å². The molecule has 45 heavy (non-hydrogen) atoms. The largest absolute Gasteiger partial charge is 0.390 e. The van der Waals surface area contributed by atoms with Crippen molar-refractivity contribution in [3.8, 4) is 0 Å². The van der Waals surface area contributed by atoms with Crippen molar-refractivity contribution in [1.29, 1.82) is 0 Å². The van der Waals surface area contributed by atoms with E-state index in [0.29, 0.717) is 18.4 Å². The van der Waals surface area contributed by atoms with E-state index in [1.807, 2.05) is 68.4 Å². The quantitative estimate of drug-likeness (QED) is 0.177. The number of amides is 2. The van der Waals surface area contributed by atoms with Gasteiger partial charge in [0.2, 0.25) is 15.9 Å². The van der Waals surface area contributed by atoms with Gasteiger partial charge < -0.3 is 15.7 Å². The summed E-state index contributed by atoms with van der Waals surface area (Å²) < 4.78 is 28.6. The van der Waals surface area contributed by atoms with E-state index >= 15 is 0 Å². The smallest absolute Gasteiger partial charge is 0.270 e. The van der Waals surface area contributed by atoms with Crippen LogP contribution in [-0.4, -0.2) is 65.9 Å². The fourth-order valence-corrected chi connectivity index (χ4v) is 6.50. The van der Waals surface area contributed by atoms with Gasteiger partial charge in [0.15, 0.2) is 0 Å². The number of sulfonamides is 1. The molecule has 4 rings (SSSR count). The van der Waals surface area contributed by atoms with Crippen LogP contribution in [0.2, 0.25) is 0 Å². The maximum Gasteiger partial charge on any atom is 0.270 e. The first-order valence-electron chi connectivity index (χ1n) is 15.3. The molecule has 9 nitrogen and oxygen atoms in total. The highest BCUT2D eigenvalue weighted by atomic mass is 32.2. The van der Waals surface area contributed by atoms with Crippen molar-refractivity contribution in [2.24, 2.45) is 5.92 Å². The molecule has 3 atom stereocenters. The first-order valence-corrected chi connectivity index (χ1v) is 16.8. The third-order valence-electron chi connectivity index (χ3n) is 7.68. The van der Waals surface area contributed by atoms with E-state index in [4.69, 9.17) is 0 Å². The number of aromatic nitrogens is 1. The Kier molecular flexibility index (Phi) is 11.8. The summed E-state index contributed by atoms with van der Waals surface area (Å²) in [6.07, 6.45) is -0.0906. The maximum atomic E-state index is 13.6. The molecule has 0 unspecified atom stereocenters. The zero-order valence-corrected chi connectivity index (χ0v) is 26.8. The molecule has 0 radical (unpaired) electrons. The number of carbonyl (C=O) groups excluding carboxylic acids is 2. The minimum absolute atomic E-state index is 0.140. The second kappa shape index (κ2) is 15.7. The van der Waals surface area contributed by atoms with Gasteiger partial charge in [-0.05, 0) is 55.0 Å². The lowest BCUT2D eigenvalue weighted by atomic mass is 10.00. The molecule has 0 bridgehead atoms. The van der Waals surface area contributed by atoms with Gasteiger partial charge in [-0.3, -0.25) is 9.59 Å². The number of aliphatic hydroxyl groups excluding tert-OH is 1. The van der Waals surface area contributed by atoms with Crippen LogP contribution in [0.3, 0.4) is 0 Å². The molecule has 0 aliphatic rings. The van der Waals surface area contributed by atoms with Gasteiger partial charge in [-0.15, -0.1) is 0 Å². The van der Waals surface area contributed by atoms with Crippen molar-refractivity contribution in [3.63, 3.8) is 0 Å². The number of carbonyl (C=O) groups is 2. The third-order valence-corrected chi connectivity index (χ3v) is 9.56. The molecule has 0 saturated carbocycles. The monoisotopic (exact) mass is 630 g/mol. The number of nitrogens with zero attached hydrogens (tertiary/aromatic N) is 2. The summed E-state index contributed by atoms with van der Waals surface area (Å²) in [5.74, 6) is -0.732. The van der Waals surface area contributed by atoms with Gasteiger partial charge in [0, 0.05) is 18.5 Å². The van der Waals surface area contributed by atoms with Crippen LogP contribution < -0.4 is 10.6 Å². The summed E-state index contributed by atoms with van der Waals surface area (Å²) in [5, 5.41) is 18.2. The number of para-hydroxylation sites is 1. The zero-order chi connectivity index (χ0) is 32.4. The first-order chi connectivity index (χ1) is 21.6. The van der Waals surface area contributed by atoms with Gasteiger partial charge in [0.25, 0.3) is 5.91 Å². The number of hydrogen-bond donors (Lipinski definition) is 3. The number of aliphatic hydroxyl groups is 1. The minimum atomic E-state index is -3.91. The topological polar surface area (TPSA) is 129 Å². The molecule has 2 amide bonds. The lowest BCUT2D eigenvalue weighted by Crippen LogP contribution is -2.55. The molecule has 0 aliphatic heterocycles. The van der Waals surface area contributed by atoms with Crippen molar-refractivity contribution in [2.75, 3.05) is 13.1 Å². The average Bonchev–Trinajstić information content (AvgIpc) is 3.05. The highest BCUT2D eigenvalue weighted by molar-refractivity contribution is 7.89. The van der Waals surface area contributed by atoms with Crippen LogP contribution in [0.15, 0.2) is 102 Å². The van der Waals surface area contributed by atoms with Crippen molar-refractivity contribution < 1.29 is 23.1 Å². The highest BCUT2D eigenvalue weighted by Crippen LogP contribution is 2.19. The lowest BCUT2D eigenvalue weighted by molar-refractivity contribution is -0.124. The molecule has 10 heteroatoms. The van der Waals surface area contributed by atoms with E-state index in [9.17, 15) is 23.1 Å². The molecule has 1 heterocycles. The normalized spacial score (nSPS) is 13.8. The fourth-order valence-electron chi connectivity index (χ4n) is 5.00. The molecule has 3 N–H and O–H groups in total. The predicted octanol–water partition coefficient (Wildman–Crippen LogP) is 4.57. The first kappa shape index (κ1) is 33.8. The lowest BCUT2D eigenvalue weighted by Gasteiger charge is -2.31. The molecule has 238 valence electrons. The van der Waals surface area contributed by atoms with Crippen molar-refractivity contribution in [1.82, 2.24) is 19.9 Å². The summed E-state index contributed by atoms with van der Waals surface area (Å²) in [4.78, 5) is 31.3. The molecule has 0 fully saturated rings.